The lowest BCUT2D eigenvalue weighted by atomic mass is 9.78. The molecule has 0 aliphatic heterocycles. The van der Waals surface area contributed by atoms with E-state index >= 15 is 0 Å². The second-order valence-electron chi connectivity index (χ2n) is 4.27. The summed E-state index contributed by atoms with van der Waals surface area (Å²) >= 11 is 0. The van der Waals surface area contributed by atoms with Gasteiger partial charge in [0.2, 0.25) is 0 Å². The van der Waals surface area contributed by atoms with Gasteiger partial charge >= 0.3 is 6.09 Å². The Bertz CT molecular complexity index is 349. The number of carboxylic acid groups (broad SMARTS) is 1. The number of aliphatic hydroxyl groups excluding tert-OH is 1. The minimum absolute atomic E-state index is 0.228. The van der Waals surface area contributed by atoms with Gasteiger partial charge in [-0.3, -0.25) is 0 Å². The van der Waals surface area contributed by atoms with E-state index in [1.54, 1.807) is 0 Å². The van der Waals surface area contributed by atoms with E-state index in [-0.39, 0.29) is 6.61 Å². The standard InChI is InChI=1S/C12H17NO3/c1-12(2,9-6-4-3-5-7-9)10(8-14)13-11(15)16/h3-7,10,13-14H,8H2,1-2H3,(H,15,16). The summed E-state index contributed by atoms with van der Waals surface area (Å²) in [6.45, 7) is 3.58. The highest BCUT2D eigenvalue weighted by molar-refractivity contribution is 5.65. The Morgan fingerprint density at radius 3 is 2.38 bits per heavy atom. The zero-order valence-corrected chi connectivity index (χ0v) is 9.47. The Morgan fingerprint density at radius 1 is 1.38 bits per heavy atom. The number of rotatable bonds is 4. The normalized spacial score (nSPS) is 13.2. The molecular weight excluding hydrogens is 206 g/mol. The molecule has 1 amide bonds. The molecule has 0 saturated heterocycles. The predicted octanol–water partition coefficient (Wildman–Crippen LogP) is 1.59. The first-order valence-corrected chi connectivity index (χ1v) is 5.14. The van der Waals surface area contributed by atoms with E-state index < -0.39 is 17.6 Å². The molecule has 1 aromatic carbocycles. The van der Waals surface area contributed by atoms with Crippen LogP contribution in [0.3, 0.4) is 0 Å². The Morgan fingerprint density at radius 2 is 1.94 bits per heavy atom. The summed E-state index contributed by atoms with van der Waals surface area (Å²) in [4.78, 5) is 10.6. The quantitative estimate of drug-likeness (QED) is 0.726. The van der Waals surface area contributed by atoms with Crippen molar-refractivity contribution in [3.05, 3.63) is 35.9 Å². The molecule has 3 N–H and O–H groups in total. The first kappa shape index (κ1) is 12.5. The molecule has 1 atom stereocenters. The van der Waals surface area contributed by atoms with Crippen LogP contribution in [0.1, 0.15) is 19.4 Å². The van der Waals surface area contributed by atoms with Gasteiger partial charge in [0.1, 0.15) is 0 Å². The fourth-order valence-electron chi connectivity index (χ4n) is 1.67. The maximum Gasteiger partial charge on any atom is 0.404 e. The number of benzene rings is 1. The SMILES string of the molecule is CC(C)(c1ccccc1)C(CO)NC(=O)O. The average Bonchev–Trinajstić information content (AvgIpc) is 2.26. The van der Waals surface area contributed by atoms with Gasteiger partial charge in [-0.15, -0.1) is 0 Å². The molecule has 0 fully saturated rings. The summed E-state index contributed by atoms with van der Waals surface area (Å²) in [5, 5.41) is 20.3. The summed E-state index contributed by atoms with van der Waals surface area (Å²) in [5.41, 5.74) is 0.539. The Balaban J connectivity index is 2.94. The zero-order valence-electron chi connectivity index (χ0n) is 9.47. The van der Waals surface area contributed by atoms with E-state index in [0.717, 1.165) is 5.56 Å². The maximum absolute atomic E-state index is 10.6. The molecule has 4 nitrogen and oxygen atoms in total. The maximum atomic E-state index is 10.6. The highest BCUT2D eigenvalue weighted by Crippen LogP contribution is 2.26. The third-order valence-corrected chi connectivity index (χ3v) is 2.87. The summed E-state index contributed by atoms with van der Waals surface area (Å²) in [6, 6.07) is 9.02. The van der Waals surface area contributed by atoms with Gasteiger partial charge < -0.3 is 15.5 Å². The van der Waals surface area contributed by atoms with Crippen LogP contribution in [0.25, 0.3) is 0 Å². The number of nitrogens with one attached hydrogen (secondary N) is 1. The smallest absolute Gasteiger partial charge is 0.404 e. The molecule has 4 heteroatoms. The van der Waals surface area contributed by atoms with Crippen LogP contribution in [0.2, 0.25) is 0 Å². The van der Waals surface area contributed by atoms with Crippen LogP contribution in [0.5, 0.6) is 0 Å². The second-order valence-corrected chi connectivity index (χ2v) is 4.27. The Labute approximate surface area is 94.9 Å². The second kappa shape index (κ2) is 4.99. The molecule has 16 heavy (non-hydrogen) atoms. The van der Waals surface area contributed by atoms with Crippen molar-refractivity contribution in [2.75, 3.05) is 6.61 Å². The van der Waals surface area contributed by atoms with E-state index in [4.69, 9.17) is 5.11 Å². The minimum atomic E-state index is -1.12. The van der Waals surface area contributed by atoms with Gasteiger partial charge in [-0.05, 0) is 5.56 Å². The topological polar surface area (TPSA) is 69.6 Å². The van der Waals surface area contributed by atoms with Crippen molar-refractivity contribution in [3.8, 4) is 0 Å². The van der Waals surface area contributed by atoms with Crippen LogP contribution in [0.15, 0.2) is 30.3 Å². The molecule has 0 radical (unpaired) electrons. The Hall–Kier alpha value is -1.55. The molecule has 0 spiro atoms. The lowest BCUT2D eigenvalue weighted by molar-refractivity contribution is 0.157. The van der Waals surface area contributed by atoms with Crippen molar-refractivity contribution in [2.45, 2.75) is 25.3 Å². The average molecular weight is 223 g/mol. The van der Waals surface area contributed by atoms with Crippen LogP contribution >= 0.6 is 0 Å². The molecule has 0 saturated carbocycles. The van der Waals surface area contributed by atoms with E-state index in [2.05, 4.69) is 5.32 Å². The van der Waals surface area contributed by atoms with E-state index in [1.807, 2.05) is 44.2 Å². The number of amides is 1. The van der Waals surface area contributed by atoms with Crippen LogP contribution in [-0.2, 0) is 5.41 Å². The molecule has 0 bridgehead atoms. The van der Waals surface area contributed by atoms with Crippen molar-refractivity contribution in [3.63, 3.8) is 0 Å². The molecular formula is C12H17NO3. The molecule has 0 aliphatic rings. The van der Waals surface area contributed by atoms with E-state index in [1.165, 1.54) is 0 Å². The molecule has 1 aromatic rings. The number of carbonyl (C=O) groups is 1. The lowest BCUT2D eigenvalue weighted by Gasteiger charge is -2.33. The summed E-state index contributed by atoms with van der Waals surface area (Å²) < 4.78 is 0. The van der Waals surface area contributed by atoms with Gasteiger partial charge in [-0.2, -0.15) is 0 Å². The van der Waals surface area contributed by atoms with Crippen molar-refractivity contribution in [1.82, 2.24) is 5.32 Å². The van der Waals surface area contributed by atoms with Gasteiger partial charge in [0, 0.05) is 5.41 Å². The highest BCUT2D eigenvalue weighted by atomic mass is 16.4. The fraction of sp³-hybridized carbons (Fsp3) is 0.417. The van der Waals surface area contributed by atoms with Gasteiger partial charge in [-0.1, -0.05) is 44.2 Å². The molecule has 0 aromatic heterocycles. The first-order valence-electron chi connectivity index (χ1n) is 5.14. The third-order valence-electron chi connectivity index (χ3n) is 2.87. The van der Waals surface area contributed by atoms with Gasteiger partial charge in [-0.25, -0.2) is 4.79 Å². The van der Waals surface area contributed by atoms with Crippen molar-refractivity contribution >= 4 is 6.09 Å². The van der Waals surface area contributed by atoms with Gasteiger partial charge in [0.15, 0.2) is 0 Å². The van der Waals surface area contributed by atoms with Crippen molar-refractivity contribution < 1.29 is 15.0 Å². The van der Waals surface area contributed by atoms with Gasteiger partial charge in [0.25, 0.3) is 0 Å². The number of hydrogen-bond donors (Lipinski definition) is 3. The monoisotopic (exact) mass is 223 g/mol. The molecule has 0 aliphatic carbocycles. The summed E-state index contributed by atoms with van der Waals surface area (Å²) in [5.74, 6) is 0. The van der Waals surface area contributed by atoms with Crippen molar-refractivity contribution in [1.29, 1.82) is 0 Å². The molecule has 1 unspecified atom stereocenters. The number of hydrogen-bond acceptors (Lipinski definition) is 2. The fourth-order valence-corrected chi connectivity index (χ4v) is 1.67. The highest BCUT2D eigenvalue weighted by Gasteiger charge is 2.31. The molecule has 1 rings (SSSR count). The van der Waals surface area contributed by atoms with Crippen LogP contribution < -0.4 is 5.32 Å². The third kappa shape index (κ3) is 2.73. The molecule has 0 heterocycles. The van der Waals surface area contributed by atoms with E-state index in [0.29, 0.717) is 0 Å². The van der Waals surface area contributed by atoms with Gasteiger partial charge in [0.05, 0.1) is 12.6 Å². The van der Waals surface area contributed by atoms with Crippen LogP contribution in [-0.4, -0.2) is 29.0 Å². The summed E-state index contributed by atoms with van der Waals surface area (Å²) in [7, 11) is 0. The number of aliphatic hydroxyl groups is 1. The van der Waals surface area contributed by atoms with Crippen molar-refractivity contribution in [2.24, 2.45) is 0 Å². The lowest BCUT2D eigenvalue weighted by Crippen LogP contribution is -2.49. The zero-order chi connectivity index (χ0) is 12.2. The minimum Gasteiger partial charge on any atom is -0.465 e. The van der Waals surface area contributed by atoms with Crippen LogP contribution in [0.4, 0.5) is 4.79 Å². The first-order chi connectivity index (χ1) is 7.48. The molecule has 88 valence electrons. The van der Waals surface area contributed by atoms with E-state index in [9.17, 15) is 9.90 Å². The Kier molecular flexibility index (Phi) is 3.90. The van der Waals surface area contributed by atoms with Crippen LogP contribution in [0, 0.1) is 0 Å². The largest absolute Gasteiger partial charge is 0.465 e. The summed E-state index contributed by atoms with van der Waals surface area (Å²) in [6.07, 6.45) is -1.12. The predicted molar refractivity (Wildman–Crippen MR) is 61.5 cm³/mol.